The zero-order chi connectivity index (χ0) is 15.0. The van der Waals surface area contributed by atoms with Gasteiger partial charge in [0.25, 0.3) is 0 Å². The summed E-state index contributed by atoms with van der Waals surface area (Å²) in [7, 11) is 0. The molecule has 3 nitrogen and oxygen atoms in total. The molecule has 0 spiro atoms. The van der Waals surface area contributed by atoms with Gasteiger partial charge in [-0.2, -0.15) is 0 Å². The van der Waals surface area contributed by atoms with Crippen LogP contribution in [0.1, 0.15) is 33.9 Å². The van der Waals surface area contributed by atoms with E-state index in [0.717, 1.165) is 29.7 Å². The first-order chi connectivity index (χ1) is 10.0. The van der Waals surface area contributed by atoms with Gasteiger partial charge in [0.2, 0.25) is 5.91 Å². The molecule has 1 aliphatic rings. The molecule has 3 N–H and O–H groups in total. The van der Waals surface area contributed by atoms with Gasteiger partial charge in [0.15, 0.2) is 0 Å². The summed E-state index contributed by atoms with van der Waals surface area (Å²) in [6.45, 7) is 0. The van der Waals surface area contributed by atoms with Crippen LogP contribution in [0, 0.1) is 5.82 Å². The van der Waals surface area contributed by atoms with Gasteiger partial charge in [-0.15, -0.1) is 0 Å². The van der Waals surface area contributed by atoms with Crippen LogP contribution in [0.4, 0.5) is 10.1 Å². The molecule has 0 radical (unpaired) electrons. The monoisotopic (exact) mass is 304 g/mol. The number of benzene rings is 2. The minimum Gasteiger partial charge on any atom is -0.378 e. The summed E-state index contributed by atoms with van der Waals surface area (Å²) in [6.07, 6.45) is 1.72. The van der Waals surface area contributed by atoms with E-state index in [9.17, 15) is 9.18 Å². The second-order valence-corrected chi connectivity index (χ2v) is 5.54. The van der Waals surface area contributed by atoms with Crippen molar-refractivity contribution >= 4 is 23.2 Å². The number of hydrogen-bond acceptors (Lipinski definition) is 2. The minimum atomic E-state index is -0.558. The van der Waals surface area contributed by atoms with E-state index in [1.807, 2.05) is 0 Å². The highest BCUT2D eigenvalue weighted by Gasteiger charge is 2.23. The molecule has 0 aliphatic heterocycles. The molecule has 1 aliphatic carbocycles. The number of carbonyl (C=O) groups is 1. The van der Waals surface area contributed by atoms with Crippen LogP contribution in [0.2, 0.25) is 5.02 Å². The predicted octanol–water partition coefficient (Wildman–Crippen LogP) is 3.68. The molecule has 1 amide bonds. The van der Waals surface area contributed by atoms with Crippen LogP contribution in [-0.4, -0.2) is 5.91 Å². The molecular weight excluding hydrogens is 291 g/mol. The number of nitrogens with two attached hydrogens (primary N) is 1. The van der Waals surface area contributed by atoms with Crippen molar-refractivity contribution in [2.24, 2.45) is 5.73 Å². The maximum atomic E-state index is 13.2. The van der Waals surface area contributed by atoms with Gasteiger partial charge in [-0.1, -0.05) is 17.7 Å². The Morgan fingerprint density at radius 2 is 2.10 bits per heavy atom. The highest BCUT2D eigenvalue weighted by atomic mass is 35.5. The second-order valence-electron chi connectivity index (χ2n) is 5.14. The molecular formula is C16H14ClFN2O. The first-order valence-corrected chi connectivity index (χ1v) is 7.06. The standard InChI is InChI=1S/C16H14ClFN2O/c17-14-5-3-11(8-13(14)16(19)21)20-15-6-1-9-7-10(18)2-4-12(9)15/h2-5,7-8,15,20H,1,6H2,(H2,19,21). The lowest BCUT2D eigenvalue weighted by atomic mass is 10.1. The summed E-state index contributed by atoms with van der Waals surface area (Å²) < 4.78 is 13.2. The molecule has 0 heterocycles. The van der Waals surface area contributed by atoms with Crippen LogP contribution >= 0.6 is 11.6 Å². The molecule has 0 saturated carbocycles. The topological polar surface area (TPSA) is 55.1 Å². The quantitative estimate of drug-likeness (QED) is 0.909. The van der Waals surface area contributed by atoms with Gasteiger partial charge in [-0.05, 0) is 54.3 Å². The van der Waals surface area contributed by atoms with Crippen molar-refractivity contribution < 1.29 is 9.18 Å². The van der Waals surface area contributed by atoms with E-state index in [2.05, 4.69) is 5.32 Å². The first kappa shape index (κ1) is 13.9. The highest BCUT2D eigenvalue weighted by molar-refractivity contribution is 6.33. The first-order valence-electron chi connectivity index (χ1n) is 6.69. The van der Waals surface area contributed by atoms with Gasteiger partial charge in [-0.25, -0.2) is 4.39 Å². The lowest BCUT2D eigenvalue weighted by molar-refractivity contribution is 0.100. The zero-order valence-electron chi connectivity index (χ0n) is 11.2. The number of aryl methyl sites for hydroxylation is 1. The van der Waals surface area contributed by atoms with E-state index < -0.39 is 5.91 Å². The fourth-order valence-corrected chi connectivity index (χ4v) is 2.95. The molecule has 1 unspecified atom stereocenters. The molecule has 0 saturated heterocycles. The molecule has 108 valence electrons. The van der Waals surface area contributed by atoms with Crippen LogP contribution in [0.15, 0.2) is 36.4 Å². The fourth-order valence-electron chi connectivity index (χ4n) is 2.74. The van der Waals surface area contributed by atoms with E-state index in [1.165, 1.54) is 6.07 Å². The van der Waals surface area contributed by atoms with Crippen molar-refractivity contribution in [2.75, 3.05) is 5.32 Å². The molecule has 5 heteroatoms. The molecule has 3 rings (SSSR count). The second kappa shape index (κ2) is 5.37. The lowest BCUT2D eigenvalue weighted by Gasteiger charge is -2.16. The maximum Gasteiger partial charge on any atom is 0.250 e. The number of fused-ring (bicyclic) bond motifs is 1. The third-order valence-corrected chi connectivity index (χ3v) is 4.09. The van der Waals surface area contributed by atoms with Gasteiger partial charge in [0.05, 0.1) is 16.6 Å². The fraction of sp³-hybridized carbons (Fsp3) is 0.188. The summed E-state index contributed by atoms with van der Waals surface area (Å²) in [6, 6.07) is 10.0. The number of rotatable bonds is 3. The summed E-state index contributed by atoms with van der Waals surface area (Å²) in [4.78, 5) is 11.3. The van der Waals surface area contributed by atoms with Crippen molar-refractivity contribution in [2.45, 2.75) is 18.9 Å². The Balaban J connectivity index is 1.86. The lowest BCUT2D eigenvalue weighted by Crippen LogP contribution is -2.13. The van der Waals surface area contributed by atoms with E-state index in [-0.39, 0.29) is 11.9 Å². The van der Waals surface area contributed by atoms with E-state index in [1.54, 1.807) is 30.3 Å². The number of primary amides is 1. The van der Waals surface area contributed by atoms with Crippen LogP contribution in [0.5, 0.6) is 0 Å². The summed E-state index contributed by atoms with van der Waals surface area (Å²) in [5.74, 6) is -0.769. The van der Waals surface area contributed by atoms with E-state index >= 15 is 0 Å². The highest BCUT2D eigenvalue weighted by Crippen LogP contribution is 2.34. The number of amides is 1. The Labute approximate surface area is 126 Å². The van der Waals surface area contributed by atoms with Crippen molar-refractivity contribution in [3.8, 4) is 0 Å². The van der Waals surface area contributed by atoms with Crippen LogP contribution in [0.25, 0.3) is 0 Å². The summed E-state index contributed by atoms with van der Waals surface area (Å²) in [5, 5.41) is 3.69. The van der Waals surface area contributed by atoms with Crippen molar-refractivity contribution in [1.29, 1.82) is 0 Å². The average molecular weight is 305 g/mol. The Bertz CT molecular complexity index is 717. The zero-order valence-corrected chi connectivity index (χ0v) is 12.0. The van der Waals surface area contributed by atoms with Gasteiger partial charge in [0, 0.05) is 5.69 Å². The maximum absolute atomic E-state index is 13.2. The SMILES string of the molecule is NC(=O)c1cc(NC2CCc3cc(F)ccc32)ccc1Cl. The van der Waals surface area contributed by atoms with Gasteiger partial charge < -0.3 is 11.1 Å². The number of nitrogens with one attached hydrogen (secondary N) is 1. The summed E-state index contributed by atoms with van der Waals surface area (Å²) >= 11 is 5.94. The largest absolute Gasteiger partial charge is 0.378 e. The third-order valence-electron chi connectivity index (χ3n) is 3.76. The predicted molar refractivity (Wildman–Crippen MR) is 81.1 cm³/mol. The van der Waals surface area contributed by atoms with Gasteiger partial charge >= 0.3 is 0 Å². The van der Waals surface area contributed by atoms with Crippen molar-refractivity contribution in [1.82, 2.24) is 0 Å². The van der Waals surface area contributed by atoms with E-state index in [0.29, 0.717) is 10.6 Å². The van der Waals surface area contributed by atoms with Crippen LogP contribution < -0.4 is 11.1 Å². The molecule has 0 fully saturated rings. The number of anilines is 1. The molecule has 0 bridgehead atoms. The number of halogens is 2. The molecule has 2 aromatic carbocycles. The summed E-state index contributed by atoms with van der Waals surface area (Å²) in [5.41, 5.74) is 8.47. The Morgan fingerprint density at radius 3 is 2.86 bits per heavy atom. The van der Waals surface area contributed by atoms with Gasteiger partial charge in [-0.3, -0.25) is 4.79 Å². The van der Waals surface area contributed by atoms with Gasteiger partial charge in [0.1, 0.15) is 5.82 Å². The number of hydrogen-bond donors (Lipinski definition) is 2. The van der Waals surface area contributed by atoms with Crippen molar-refractivity contribution in [3.63, 3.8) is 0 Å². The van der Waals surface area contributed by atoms with Crippen LogP contribution in [-0.2, 0) is 6.42 Å². The Kier molecular flexibility index (Phi) is 3.55. The van der Waals surface area contributed by atoms with Crippen molar-refractivity contribution in [3.05, 3.63) is 63.9 Å². The Morgan fingerprint density at radius 1 is 1.29 bits per heavy atom. The normalized spacial score (nSPS) is 16.6. The van der Waals surface area contributed by atoms with Crippen LogP contribution in [0.3, 0.4) is 0 Å². The minimum absolute atomic E-state index is 0.0995. The third kappa shape index (κ3) is 2.72. The number of carbonyl (C=O) groups excluding carboxylic acids is 1. The molecule has 0 aromatic heterocycles. The van der Waals surface area contributed by atoms with E-state index in [4.69, 9.17) is 17.3 Å². The molecule has 21 heavy (non-hydrogen) atoms. The Hall–Kier alpha value is -2.07. The average Bonchev–Trinajstić information content (AvgIpc) is 2.83. The molecule has 1 atom stereocenters. The smallest absolute Gasteiger partial charge is 0.250 e. The molecule has 2 aromatic rings.